The summed E-state index contributed by atoms with van der Waals surface area (Å²) >= 11 is 0. The largest absolute Gasteiger partial charge is 0.508 e. The Bertz CT molecular complexity index is 1020. The van der Waals surface area contributed by atoms with Crippen LogP contribution in [0.15, 0.2) is 45.6 Å². The first-order valence-corrected chi connectivity index (χ1v) is 9.29. The highest BCUT2D eigenvalue weighted by Crippen LogP contribution is 2.22. The van der Waals surface area contributed by atoms with Gasteiger partial charge >= 0.3 is 0 Å². The Hall–Kier alpha value is -3.66. The predicted molar refractivity (Wildman–Crippen MR) is 105 cm³/mol. The van der Waals surface area contributed by atoms with E-state index in [0.29, 0.717) is 6.42 Å². The van der Waals surface area contributed by atoms with E-state index >= 15 is 0 Å². The van der Waals surface area contributed by atoms with Crippen molar-refractivity contribution in [1.29, 1.82) is 0 Å². The van der Waals surface area contributed by atoms with Gasteiger partial charge < -0.3 is 30.7 Å². The number of phenols is 1. The summed E-state index contributed by atoms with van der Waals surface area (Å²) in [7, 11) is 0. The Kier molecular flexibility index (Phi) is 6.17. The number of aromatic nitrogens is 2. The molecule has 0 radical (unpaired) electrons. The second-order valence-corrected chi connectivity index (χ2v) is 7.18. The summed E-state index contributed by atoms with van der Waals surface area (Å²) in [5.74, 6) is -0.768. The number of oxazole rings is 2. The number of nitrogens with zero attached hydrogens (tertiary/aromatic N) is 2. The van der Waals surface area contributed by atoms with Crippen molar-refractivity contribution in [2.45, 2.75) is 32.4 Å². The van der Waals surface area contributed by atoms with Crippen LogP contribution in [0.5, 0.6) is 5.75 Å². The second kappa shape index (κ2) is 8.78. The molecular formula is C20H23N5O5. The molecular weight excluding hydrogens is 390 g/mol. The van der Waals surface area contributed by atoms with E-state index in [1.165, 1.54) is 6.26 Å². The van der Waals surface area contributed by atoms with Gasteiger partial charge in [-0.15, -0.1) is 0 Å². The number of aromatic hydroxyl groups is 1. The van der Waals surface area contributed by atoms with E-state index < -0.39 is 23.9 Å². The molecule has 3 aromatic rings. The molecule has 0 aliphatic carbocycles. The minimum atomic E-state index is -0.720. The first-order valence-electron chi connectivity index (χ1n) is 9.29. The zero-order chi connectivity index (χ0) is 21.8. The number of rotatable bonds is 8. The summed E-state index contributed by atoms with van der Waals surface area (Å²) in [5.41, 5.74) is 12.2. The van der Waals surface area contributed by atoms with E-state index in [0.717, 1.165) is 11.8 Å². The number of amides is 2. The first kappa shape index (κ1) is 21.1. The molecule has 3 rings (SSSR count). The fraction of sp³-hybridized carbons (Fsp3) is 0.300. The second-order valence-electron chi connectivity index (χ2n) is 7.18. The molecule has 30 heavy (non-hydrogen) atoms. The maximum Gasteiger partial charge on any atom is 0.273 e. The van der Waals surface area contributed by atoms with E-state index in [9.17, 15) is 14.7 Å². The Morgan fingerprint density at radius 3 is 2.27 bits per heavy atom. The number of benzene rings is 1. The summed E-state index contributed by atoms with van der Waals surface area (Å²) in [6, 6.07) is 5.45. The Morgan fingerprint density at radius 1 is 1.07 bits per heavy atom. The molecule has 10 heteroatoms. The number of carbonyl (C=O) groups is 2. The van der Waals surface area contributed by atoms with Crippen LogP contribution in [0, 0.1) is 5.92 Å². The highest BCUT2D eigenvalue weighted by atomic mass is 16.3. The van der Waals surface area contributed by atoms with Crippen molar-refractivity contribution >= 4 is 11.8 Å². The van der Waals surface area contributed by atoms with Crippen molar-refractivity contribution in [3.8, 4) is 5.75 Å². The van der Waals surface area contributed by atoms with E-state index in [1.807, 2.05) is 13.8 Å². The van der Waals surface area contributed by atoms with E-state index in [1.54, 1.807) is 24.3 Å². The predicted octanol–water partition coefficient (Wildman–Crippen LogP) is 1.84. The highest BCUT2D eigenvalue weighted by molar-refractivity contribution is 5.92. The van der Waals surface area contributed by atoms with Crippen molar-refractivity contribution in [2.75, 3.05) is 0 Å². The van der Waals surface area contributed by atoms with Gasteiger partial charge in [0.1, 0.15) is 24.3 Å². The topological polar surface area (TPSA) is 170 Å². The van der Waals surface area contributed by atoms with Gasteiger partial charge in [-0.2, -0.15) is 0 Å². The molecule has 1 aromatic carbocycles. The average Bonchev–Trinajstić information content (AvgIpc) is 3.37. The molecule has 0 saturated heterocycles. The summed E-state index contributed by atoms with van der Waals surface area (Å²) in [4.78, 5) is 32.1. The maximum absolute atomic E-state index is 12.6. The fourth-order valence-electron chi connectivity index (χ4n) is 2.81. The van der Waals surface area contributed by atoms with Gasteiger partial charge in [-0.1, -0.05) is 26.0 Å². The monoisotopic (exact) mass is 413 g/mol. The molecule has 0 bridgehead atoms. The third kappa shape index (κ3) is 4.84. The van der Waals surface area contributed by atoms with Gasteiger partial charge in [0.25, 0.3) is 11.8 Å². The summed E-state index contributed by atoms with van der Waals surface area (Å²) in [5, 5.41) is 12.1. The molecule has 0 unspecified atom stereocenters. The van der Waals surface area contributed by atoms with Crippen LogP contribution in [0.3, 0.4) is 0 Å². The van der Waals surface area contributed by atoms with Crippen molar-refractivity contribution in [3.05, 3.63) is 65.5 Å². The van der Waals surface area contributed by atoms with Gasteiger partial charge in [0.15, 0.2) is 11.4 Å². The lowest BCUT2D eigenvalue weighted by Gasteiger charge is -2.18. The lowest BCUT2D eigenvalue weighted by Crippen LogP contribution is -2.32. The number of carbonyl (C=O) groups excluding carboxylic acids is 2. The minimum Gasteiger partial charge on any atom is -0.508 e. The molecule has 10 nitrogen and oxygen atoms in total. The lowest BCUT2D eigenvalue weighted by atomic mass is 10.0. The first-order chi connectivity index (χ1) is 14.2. The van der Waals surface area contributed by atoms with Crippen LogP contribution >= 0.6 is 0 Å². The molecule has 158 valence electrons. The van der Waals surface area contributed by atoms with Crippen LogP contribution in [-0.2, 0) is 6.42 Å². The number of nitrogens with two attached hydrogens (primary N) is 2. The molecule has 2 heterocycles. The number of phenolic OH excluding ortho intramolecular Hbond substituents is 1. The van der Waals surface area contributed by atoms with Crippen LogP contribution in [0.25, 0.3) is 0 Å². The van der Waals surface area contributed by atoms with Crippen LogP contribution in [0.1, 0.15) is 64.3 Å². The van der Waals surface area contributed by atoms with Crippen LogP contribution < -0.4 is 16.8 Å². The van der Waals surface area contributed by atoms with Crippen LogP contribution in [-0.4, -0.2) is 26.9 Å². The molecule has 0 fully saturated rings. The summed E-state index contributed by atoms with van der Waals surface area (Å²) < 4.78 is 10.7. The van der Waals surface area contributed by atoms with E-state index in [2.05, 4.69) is 15.3 Å². The van der Waals surface area contributed by atoms with E-state index in [-0.39, 0.29) is 34.8 Å². The third-order valence-corrected chi connectivity index (χ3v) is 4.46. The molecule has 0 saturated carbocycles. The number of nitrogens with one attached hydrogen (secondary N) is 1. The van der Waals surface area contributed by atoms with Gasteiger partial charge in [0, 0.05) is 0 Å². The van der Waals surface area contributed by atoms with Crippen molar-refractivity contribution in [1.82, 2.24) is 15.3 Å². The molecule has 6 N–H and O–H groups in total. The fourth-order valence-corrected chi connectivity index (χ4v) is 2.81. The van der Waals surface area contributed by atoms with Gasteiger partial charge in [-0.25, -0.2) is 9.97 Å². The number of primary amides is 1. The summed E-state index contributed by atoms with van der Waals surface area (Å²) in [6.45, 7) is 3.72. The van der Waals surface area contributed by atoms with Crippen molar-refractivity contribution in [3.63, 3.8) is 0 Å². The van der Waals surface area contributed by atoms with Gasteiger partial charge in [0.05, 0.1) is 6.04 Å². The van der Waals surface area contributed by atoms with Crippen LogP contribution in [0.2, 0.25) is 0 Å². The normalized spacial score (nSPS) is 13.2. The standard InChI is InChI=1S/C20H23N5O5/c1-10(2)16(20-23-14(8-30-20)17(22)27)25-18(28)15-9-29-19(24-15)13(21)7-11-3-5-12(26)6-4-11/h3-6,8-10,13,16,26H,7,21H2,1-2H3,(H2,22,27)(H,25,28)/t13-,16-/m0/s1. The molecule has 2 atom stereocenters. The third-order valence-electron chi connectivity index (χ3n) is 4.46. The molecule has 0 spiro atoms. The molecule has 2 aromatic heterocycles. The number of hydrogen-bond acceptors (Lipinski definition) is 8. The SMILES string of the molecule is CC(C)[C@H](NC(=O)c1coc([C@@H](N)Cc2ccc(O)cc2)n1)c1nc(C(N)=O)co1. The number of hydrogen-bond donors (Lipinski definition) is 4. The van der Waals surface area contributed by atoms with Crippen molar-refractivity contribution < 1.29 is 23.5 Å². The molecule has 0 aliphatic rings. The zero-order valence-electron chi connectivity index (χ0n) is 16.5. The smallest absolute Gasteiger partial charge is 0.273 e. The van der Waals surface area contributed by atoms with Crippen LogP contribution in [0.4, 0.5) is 0 Å². The quantitative estimate of drug-likeness (QED) is 0.433. The average molecular weight is 413 g/mol. The van der Waals surface area contributed by atoms with E-state index in [4.69, 9.17) is 20.3 Å². The van der Waals surface area contributed by atoms with Crippen molar-refractivity contribution in [2.24, 2.45) is 17.4 Å². The minimum absolute atomic E-state index is 0.0196. The van der Waals surface area contributed by atoms with Gasteiger partial charge in [-0.3, -0.25) is 9.59 Å². The molecule has 0 aliphatic heterocycles. The maximum atomic E-state index is 12.6. The molecule has 2 amide bonds. The van der Waals surface area contributed by atoms with Gasteiger partial charge in [0.2, 0.25) is 11.8 Å². The lowest BCUT2D eigenvalue weighted by molar-refractivity contribution is 0.0911. The zero-order valence-corrected chi connectivity index (χ0v) is 16.5. The Balaban J connectivity index is 1.69. The highest BCUT2D eigenvalue weighted by Gasteiger charge is 2.26. The Labute approximate surface area is 172 Å². The Morgan fingerprint density at radius 2 is 1.67 bits per heavy atom. The van der Waals surface area contributed by atoms with Gasteiger partial charge in [-0.05, 0) is 30.0 Å². The summed E-state index contributed by atoms with van der Waals surface area (Å²) in [6.07, 6.45) is 2.79.